The Morgan fingerprint density at radius 2 is 1.94 bits per heavy atom. The van der Waals surface area contributed by atoms with Crippen LogP contribution >= 0.6 is 0 Å². The van der Waals surface area contributed by atoms with Gasteiger partial charge in [0.15, 0.2) is 0 Å². The van der Waals surface area contributed by atoms with Crippen molar-refractivity contribution < 1.29 is 17.9 Å². The first-order valence-corrected chi connectivity index (χ1v) is 6.69. The van der Waals surface area contributed by atoms with Gasteiger partial charge in [-0.2, -0.15) is 4.72 Å². The molecular weight excluding hydrogens is 242 g/mol. The normalized spacial score (nSPS) is 13.1. The second-order valence-corrected chi connectivity index (χ2v) is 5.12. The van der Waals surface area contributed by atoms with Crippen LogP contribution in [0.1, 0.15) is 13.8 Å². The fraction of sp³-hybridized carbons (Fsp3) is 0.364. The van der Waals surface area contributed by atoms with E-state index in [2.05, 4.69) is 4.72 Å². The Hall–Kier alpha value is -1.40. The molecule has 0 spiro atoms. The summed E-state index contributed by atoms with van der Waals surface area (Å²) in [5.74, 6) is -0.591. The van der Waals surface area contributed by atoms with Crippen LogP contribution < -0.4 is 4.72 Å². The van der Waals surface area contributed by atoms with Crippen LogP contribution in [0.15, 0.2) is 35.2 Å². The predicted molar refractivity (Wildman–Crippen MR) is 62.9 cm³/mol. The van der Waals surface area contributed by atoms with Gasteiger partial charge < -0.3 is 4.74 Å². The van der Waals surface area contributed by atoms with Crippen molar-refractivity contribution in [1.29, 1.82) is 0 Å². The van der Waals surface area contributed by atoms with Crippen molar-refractivity contribution in [3.05, 3.63) is 30.3 Å². The zero-order valence-corrected chi connectivity index (χ0v) is 10.5. The van der Waals surface area contributed by atoms with Gasteiger partial charge >= 0.3 is 5.97 Å². The van der Waals surface area contributed by atoms with E-state index in [-0.39, 0.29) is 11.5 Å². The van der Waals surface area contributed by atoms with Crippen molar-refractivity contribution in [1.82, 2.24) is 4.72 Å². The first-order chi connectivity index (χ1) is 7.97. The van der Waals surface area contributed by atoms with Crippen molar-refractivity contribution in [3.63, 3.8) is 0 Å². The Kier molecular flexibility index (Phi) is 4.65. The SMILES string of the molecule is CCOC(=O)[C@H](C)NS(=O)(=O)c1ccccc1. The van der Waals surface area contributed by atoms with Gasteiger partial charge in [0.1, 0.15) is 6.04 Å². The topological polar surface area (TPSA) is 72.5 Å². The summed E-state index contributed by atoms with van der Waals surface area (Å²) < 4.78 is 30.6. The molecule has 0 saturated carbocycles. The number of carbonyl (C=O) groups is 1. The Labute approximate surface area is 101 Å². The third-order valence-corrected chi connectivity index (χ3v) is 3.58. The van der Waals surface area contributed by atoms with Crippen LogP contribution in [0.2, 0.25) is 0 Å². The van der Waals surface area contributed by atoms with Crippen molar-refractivity contribution in [2.75, 3.05) is 6.61 Å². The van der Waals surface area contributed by atoms with Crippen LogP contribution in [-0.4, -0.2) is 27.0 Å². The van der Waals surface area contributed by atoms with Crippen molar-refractivity contribution in [2.45, 2.75) is 24.8 Å². The summed E-state index contributed by atoms with van der Waals surface area (Å²) >= 11 is 0. The average Bonchev–Trinajstić information content (AvgIpc) is 2.30. The highest BCUT2D eigenvalue weighted by molar-refractivity contribution is 7.89. The zero-order chi connectivity index (χ0) is 12.9. The van der Waals surface area contributed by atoms with Crippen LogP contribution in [-0.2, 0) is 19.6 Å². The van der Waals surface area contributed by atoms with Crippen molar-refractivity contribution in [3.8, 4) is 0 Å². The lowest BCUT2D eigenvalue weighted by Crippen LogP contribution is -2.39. The molecule has 0 radical (unpaired) electrons. The first-order valence-electron chi connectivity index (χ1n) is 5.21. The monoisotopic (exact) mass is 257 g/mol. The van der Waals surface area contributed by atoms with E-state index in [1.54, 1.807) is 25.1 Å². The minimum atomic E-state index is -3.67. The maximum absolute atomic E-state index is 11.8. The number of nitrogens with one attached hydrogen (secondary N) is 1. The minimum Gasteiger partial charge on any atom is -0.465 e. The average molecular weight is 257 g/mol. The number of rotatable bonds is 5. The Balaban J connectivity index is 2.78. The van der Waals surface area contributed by atoms with Crippen LogP contribution in [0.4, 0.5) is 0 Å². The fourth-order valence-corrected chi connectivity index (χ4v) is 2.43. The maximum Gasteiger partial charge on any atom is 0.323 e. The standard InChI is InChI=1S/C11H15NO4S/c1-3-16-11(13)9(2)12-17(14,15)10-7-5-4-6-8-10/h4-9,12H,3H2,1-2H3/t9-/m0/s1. The third kappa shape index (κ3) is 3.83. The summed E-state index contributed by atoms with van der Waals surface area (Å²) in [5, 5.41) is 0. The molecule has 1 aromatic carbocycles. The predicted octanol–water partition coefficient (Wildman–Crippen LogP) is 0.916. The highest BCUT2D eigenvalue weighted by atomic mass is 32.2. The third-order valence-electron chi connectivity index (χ3n) is 2.03. The van der Waals surface area contributed by atoms with E-state index < -0.39 is 22.0 Å². The molecule has 1 N–H and O–H groups in total. The number of sulfonamides is 1. The van der Waals surface area contributed by atoms with Gasteiger partial charge in [0, 0.05) is 0 Å². The highest BCUT2D eigenvalue weighted by Crippen LogP contribution is 2.08. The first kappa shape index (κ1) is 13.7. The van der Waals surface area contributed by atoms with Gasteiger partial charge in [-0.3, -0.25) is 4.79 Å². The molecule has 0 saturated heterocycles. The molecule has 0 fully saturated rings. The molecule has 1 atom stereocenters. The van der Waals surface area contributed by atoms with Gasteiger partial charge in [-0.05, 0) is 26.0 Å². The molecule has 0 amide bonds. The molecule has 0 aliphatic carbocycles. The lowest BCUT2D eigenvalue weighted by atomic mass is 10.4. The molecule has 17 heavy (non-hydrogen) atoms. The molecule has 94 valence electrons. The molecular formula is C11H15NO4S. The maximum atomic E-state index is 11.8. The smallest absolute Gasteiger partial charge is 0.323 e. The second kappa shape index (κ2) is 5.79. The lowest BCUT2D eigenvalue weighted by molar-refractivity contribution is -0.144. The van der Waals surface area contributed by atoms with Gasteiger partial charge in [-0.15, -0.1) is 0 Å². The van der Waals surface area contributed by atoms with Gasteiger partial charge in [0.25, 0.3) is 0 Å². The highest BCUT2D eigenvalue weighted by Gasteiger charge is 2.22. The number of ether oxygens (including phenoxy) is 1. The van der Waals surface area contributed by atoms with E-state index >= 15 is 0 Å². The number of benzene rings is 1. The molecule has 0 heterocycles. The number of esters is 1. The summed E-state index contributed by atoms with van der Waals surface area (Å²) in [5.41, 5.74) is 0. The molecule has 0 aromatic heterocycles. The van der Waals surface area contributed by atoms with E-state index in [4.69, 9.17) is 4.74 Å². The van der Waals surface area contributed by atoms with E-state index in [0.29, 0.717) is 0 Å². The lowest BCUT2D eigenvalue weighted by Gasteiger charge is -2.12. The summed E-state index contributed by atoms with van der Waals surface area (Å²) in [4.78, 5) is 11.4. The molecule has 1 aromatic rings. The zero-order valence-electron chi connectivity index (χ0n) is 9.71. The fourth-order valence-electron chi connectivity index (χ4n) is 1.22. The Morgan fingerprint density at radius 3 is 2.47 bits per heavy atom. The molecule has 5 nitrogen and oxygen atoms in total. The van der Waals surface area contributed by atoms with Crippen LogP contribution in [0.3, 0.4) is 0 Å². The summed E-state index contributed by atoms with van der Waals surface area (Å²) in [6.45, 7) is 3.32. The van der Waals surface area contributed by atoms with Crippen LogP contribution in [0.5, 0.6) is 0 Å². The number of carbonyl (C=O) groups excluding carboxylic acids is 1. The van der Waals surface area contributed by atoms with Crippen molar-refractivity contribution >= 4 is 16.0 Å². The summed E-state index contributed by atoms with van der Waals surface area (Å²) in [6, 6.07) is 6.96. The van der Waals surface area contributed by atoms with Gasteiger partial charge in [0.2, 0.25) is 10.0 Å². The van der Waals surface area contributed by atoms with Crippen molar-refractivity contribution in [2.24, 2.45) is 0 Å². The Bertz CT molecular complexity index is 470. The van der Waals surface area contributed by atoms with Crippen LogP contribution in [0, 0.1) is 0 Å². The largest absolute Gasteiger partial charge is 0.465 e. The summed E-state index contributed by atoms with van der Waals surface area (Å²) in [6.07, 6.45) is 0. The molecule has 0 unspecified atom stereocenters. The van der Waals surface area contributed by atoms with Gasteiger partial charge in [-0.25, -0.2) is 8.42 Å². The number of hydrogen-bond acceptors (Lipinski definition) is 4. The molecule has 6 heteroatoms. The molecule has 0 bridgehead atoms. The minimum absolute atomic E-state index is 0.121. The second-order valence-electron chi connectivity index (χ2n) is 3.41. The molecule has 0 aliphatic rings. The molecule has 0 aliphatic heterocycles. The molecule has 1 rings (SSSR count). The van der Waals surface area contributed by atoms with E-state index in [0.717, 1.165) is 0 Å². The van der Waals surface area contributed by atoms with Crippen LogP contribution in [0.25, 0.3) is 0 Å². The van der Waals surface area contributed by atoms with Gasteiger partial charge in [0.05, 0.1) is 11.5 Å². The van der Waals surface area contributed by atoms with E-state index in [9.17, 15) is 13.2 Å². The van der Waals surface area contributed by atoms with E-state index in [1.165, 1.54) is 19.1 Å². The van der Waals surface area contributed by atoms with Gasteiger partial charge in [-0.1, -0.05) is 18.2 Å². The Morgan fingerprint density at radius 1 is 1.35 bits per heavy atom. The van der Waals surface area contributed by atoms with E-state index in [1.807, 2.05) is 0 Å². The summed E-state index contributed by atoms with van der Waals surface area (Å²) in [7, 11) is -3.67. The quantitative estimate of drug-likeness (QED) is 0.796. The number of hydrogen-bond donors (Lipinski definition) is 1.